The van der Waals surface area contributed by atoms with E-state index in [1.54, 1.807) is 0 Å². The molecule has 1 aliphatic heterocycles. The van der Waals surface area contributed by atoms with Crippen molar-refractivity contribution in [3.05, 3.63) is 9.47 Å². The lowest BCUT2D eigenvalue weighted by atomic mass is 10.0. The zero-order valence-electron chi connectivity index (χ0n) is 6.71. The van der Waals surface area contributed by atoms with Gasteiger partial charge in [-0.25, -0.2) is 0 Å². The van der Waals surface area contributed by atoms with E-state index in [0.29, 0.717) is 4.47 Å². The molecule has 0 aromatic carbocycles. The summed E-state index contributed by atoms with van der Waals surface area (Å²) in [6, 6.07) is 0. The highest BCUT2D eigenvalue weighted by molar-refractivity contribution is 7.15. The summed E-state index contributed by atoms with van der Waals surface area (Å²) in [5.41, 5.74) is -0.231. The number of halogens is 1. The van der Waals surface area contributed by atoms with Gasteiger partial charge in [-0.1, -0.05) is 11.3 Å². The molecule has 1 unspecified atom stereocenters. The minimum Gasteiger partial charge on any atom is -0.368 e. The van der Waals surface area contributed by atoms with Gasteiger partial charge < -0.3 is 4.74 Å². The van der Waals surface area contributed by atoms with Crippen LogP contribution in [0, 0.1) is 0 Å². The summed E-state index contributed by atoms with van der Waals surface area (Å²) in [5.74, 6) is 0. The number of nitrogens with zero attached hydrogens (tertiary/aromatic N) is 2. The summed E-state index contributed by atoms with van der Waals surface area (Å²) >= 11 is 7.09. The van der Waals surface area contributed by atoms with Gasteiger partial charge in [0.05, 0.1) is 0 Å². The number of hydrogen-bond donors (Lipinski definition) is 0. The van der Waals surface area contributed by atoms with Crippen molar-refractivity contribution in [3.63, 3.8) is 0 Å². The highest BCUT2D eigenvalue weighted by Crippen LogP contribution is 2.37. The summed E-state index contributed by atoms with van der Waals surface area (Å²) < 4.78 is 6.08. The average molecular weight is 205 g/mol. The molecule has 0 aliphatic carbocycles. The second-order valence-corrected chi connectivity index (χ2v) is 4.60. The molecule has 12 heavy (non-hydrogen) atoms. The van der Waals surface area contributed by atoms with Crippen LogP contribution < -0.4 is 0 Å². The lowest BCUT2D eigenvalue weighted by Gasteiger charge is -2.18. The van der Waals surface area contributed by atoms with Crippen LogP contribution in [0.1, 0.15) is 24.8 Å². The van der Waals surface area contributed by atoms with Gasteiger partial charge in [0, 0.05) is 6.61 Å². The van der Waals surface area contributed by atoms with Gasteiger partial charge >= 0.3 is 0 Å². The molecule has 0 amide bonds. The maximum atomic E-state index is 5.69. The molecule has 0 spiro atoms. The van der Waals surface area contributed by atoms with E-state index in [-0.39, 0.29) is 5.60 Å². The monoisotopic (exact) mass is 204 g/mol. The Balaban J connectivity index is 2.28. The van der Waals surface area contributed by atoms with E-state index in [1.807, 2.05) is 6.92 Å². The fourth-order valence-electron chi connectivity index (χ4n) is 1.37. The quantitative estimate of drug-likeness (QED) is 0.704. The molecule has 1 fully saturated rings. The third-order valence-electron chi connectivity index (χ3n) is 2.07. The van der Waals surface area contributed by atoms with Gasteiger partial charge in [0.1, 0.15) is 10.6 Å². The zero-order valence-corrected chi connectivity index (χ0v) is 8.28. The Hall–Kier alpha value is -0.190. The van der Waals surface area contributed by atoms with Gasteiger partial charge in [-0.2, -0.15) is 0 Å². The molecule has 2 heterocycles. The Morgan fingerprint density at radius 1 is 1.58 bits per heavy atom. The van der Waals surface area contributed by atoms with Crippen LogP contribution in [-0.4, -0.2) is 16.8 Å². The van der Waals surface area contributed by atoms with Crippen molar-refractivity contribution >= 4 is 22.9 Å². The van der Waals surface area contributed by atoms with Crippen LogP contribution in [0.5, 0.6) is 0 Å². The first-order valence-corrected chi connectivity index (χ1v) is 5.04. The second-order valence-electron chi connectivity index (χ2n) is 3.04. The van der Waals surface area contributed by atoms with Crippen LogP contribution in [0.2, 0.25) is 4.47 Å². The second kappa shape index (κ2) is 2.94. The molecule has 1 aliphatic rings. The van der Waals surface area contributed by atoms with Crippen molar-refractivity contribution in [1.82, 2.24) is 10.2 Å². The first kappa shape index (κ1) is 8.41. The molecule has 0 saturated carbocycles. The van der Waals surface area contributed by atoms with Gasteiger partial charge in [0.15, 0.2) is 0 Å². The van der Waals surface area contributed by atoms with E-state index in [0.717, 1.165) is 24.5 Å². The van der Waals surface area contributed by atoms with Crippen LogP contribution in [0.25, 0.3) is 0 Å². The fourth-order valence-corrected chi connectivity index (χ4v) is 2.32. The predicted octanol–water partition coefficient (Wildman–Crippen LogP) is 2.22. The molecule has 1 aromatic heterocycles. The highest BCUT2D eigenvalue weighted by Gasteiger charge is 2.35. The van der Waals surface area contributed by atoms with Gasteiger partial charge in [0.25, 0.3) is 0 Å². The number of aromatic nitrogens is 2. The first-order valence-electron chi connectivity index (χ1n) is 3.84. The number of hydrogen-bond acceptors (Lipinski definition) is 4. The van der Waals surface area contributed by atoms with Gasteiger partial charge in [0.2, 0.25) is 4.47 Å². The SMILES string of the molecule is CC1(c2nnc(Cl)s2)CCCO1. The molecule has 3 nitrogen and oxygen atoms in total. The van der Waals surface area contributed by atoms with E-state index in [9.17, 15) is 0 Å². The molecule has 0 N–H and O–H groups in total. The molecule has 1 atom stereocenters. The van der Waals surface area contributed by atoms with Crippen molar-refractivity contribution in [3.8, 4) is 0 Å². The molecule has 5 heteroatoms. The maximum absolute atomic E-state index is 5.69. The molecule has 66 valence electrons. The number of rotatable bonds is 1. The molecular weight excluding hydrogens is 196 g/mol. The topological polar surface area (TPSA) is 35.0 Å². The molecule has 0 bridgehead atoms. The highest BCUT2D eigenvalue weighted by atomic mass is 35.5. The minimum absolute atomic E-state index is 0.231. The molecule has 1 aromatic rings. The van der Waals surface area contributed by atoms with Crippen LogP contribution in [0.3, 0.4) is 0 Å². The van der Waals surface area contributed by atoms with Crippen molar-refractivity contribution in [2.75, 3.05) is 6.61 Å². The summed E-state index contributed by atoms with van der Waals surface area (Å²) in [5, 5.41) is 8.63. The van der Waals surface area contributed by atoms with E-state index in [2.05, 4.69) is 10.2 Å². The van der Waals surface area contributed by atoms with Gasteiger partial charge in [-0.05, 0) is 31.4 Å². The Kier molecular flexibility index (Phi) is 2.06. The van der Waals surface area contributed by atoms with E-state index < -0.39 is 0 Å². The smallest absolute Gasteiger partial charge is 0.207 e. The first-order chi connectivity index (χ1) is 5.71. The average Bonchev–Trinajstić information content (AvgIpc) is 2.59. The fraction of sp³-hybridized carbons (Fsp3) is 0.714. The maximum Gasteiger partial charge on any atom is 0.207 e. The van der Waals surface area contributed by atoms with Crippen molar-refractivity contribution in [2.45, 2.75) is 25.4 Å². The third kappa shape index (κ3) is 1.34. The standard InChI is InChI=1S/C7H9ClN2OS/c1-7(3-2-4-11-7)5-9-10-6(8)12-5/h2-4H2,1H3. The Labute approximate surface area is 79.7 Å². The lowest BCUT2D eigenvalue weighted by molar-refractivity contribution is 0.0161. The summed E-state index contributed by atoms with van der Waals surface area (Å²) in [4.78, 5) is 0. The molecule has 0 radical (unpaired) electrons. The van der Waals surface area contributed by atoms with E-state index in [1.165, 1.54) is 11.3 Å². The summed E-state index contributed by atoms with van der Waals surface area (Å²) in [6.45, 7) is 2.85. The van der Waals surface area contributed by atoms with Crippen LogP contribution in [0.15, 0.2) is 0 Å². The molecule has 2 rings (SSSR count). The third-order valence-corrected chi connectivity index (χ3v) is 3.34. The normalized spacial score (nSPS) is 29.5. The Morgan fingerprint density at radius 2 is 2.42 bits per heavy atom. The van der Waals surface area contributed by atoms with Crippen LogP contribution in [-0.2, 0) is 10.3 Å². The molecular formula is C7H9ClN2OS. The van der Waals surface area contributed by atoms with Crippen LogP contribution >= 0.6 is 22.9 Å². The summed E-state index contributed by atoms with van der Waals surface area (Å²) in [7, 11) is 0. The zero-order chi connectivity index (χ0) is 8.60. The van der Waals surface area contributed by atoms with E-state index >= 15 is 0 Å². The minimum atomic E-state index is -0.231. The summed E-state index contributed by atoms with van der Waals surface area (Å²) in [6.07, 6.45) is 2.10. The van der Waals surface area contributed by atoms with Crippen molar-refractivity contribution in [1.29, 1.82) is 0 Å². The van der Waals surface area contributed by atoms with Crippen molar-refractivity contribution in [2.24, 2.45) is 0 Å². The Morgan fingerprint density at radius 3 is 2.92 bits per heavy atom. The van der Waals surface area contributed by atoms with Gasteiger partial charge in [-0.15, -0.1) is 10.2 Å². The van der Waals surface area contributed by atoms with Crippen molar-refractivity contribution < 1.29 is 4.74 Å². The van der Waals surface area contributed by atoms with Gasteiger partial charge in [-0.3, -0.25) is 0 Å². The largest absolute Gasteiger partial charge is 0.368 e. The van der Waals surface area contributed by atoms with E-state index in [4.69, 9.17) is 16.3 Å². The number of ether oxygens (including phenoxy) is 1. The lowest BCUT2D eigenvalue weighted by Crippen LogP contribution is -2.19. The Bertz CT molecular complexity index is 283. The molecule has 1 saturated heterocycles. The predicted molar refractivity (Wildman–Crippen MR) is 47.5 cm³/mol. The van der Waals surface area contributed by atoms with Crippen LogP contribution in [0.4, 0.5) is 0 Å².